The van der Waals surface area contributed by atoms with E-state index >= 15 is 0 Å². The van der Waals surface area contributed by atoms with Gasteiger partial charge in [0.2, 0.25) is 0 Å². The summed E-state index contributed by atoms with van der Waals surface area (Å²) in [7, 11) is 0. The maximum absolute atomic E-state index is 4.04. The molecule has 2 aromatic heterocycles. The van der Waals surface area contributed by atoms with Crippen LogP contribution in [0.4, 0.5) is 0 Å². The number of thioether (sulfide) groups is 1. The fourth-order valence-electron chi connectivity index (χ4n) is 0.919. The lowest BCUT2D eigenvalue weighted by molar-refractivity contribution is 0.940. The Bertz CT molecular complexity index is 368. The predicted molar refractivity (Wildman–Crippen MR) is 44.8 cm³/mol. The lowest BCUT2D eigenvalue weighted by atomic mass is 10.5. The molecule has 0 bridgehead atoms. The van der Waals surface area contributed by atoms with Crippen LogP contribution < -0.4 is 0 Å². The summed E-state index contributed by atoms with van der Waals surface area (Å²) in [6.07, 6.45) is 5.56. The molecule has 2 rings (SSSR count). The van der Waals surface area contributed by atoms with Crippen LogP contribution in [0.3, 0.4) is 0 Å². The van der Waals surface area contributed by atoms with Gasteiger partial charge in [-0.05, 0) is 18.4 Å². The van der Waals surface area contributed by atoms with E-state index in [4.69, 9.17) is 0 Å². The molecule has 2 heterocycles. The molecule has 56 valence electrons. The zero-order valence-corrected chi connectivity index (χ0v) is 6.88. The van der Waals surface area contributed by atoms with Crippen molar-refractivity contribution >= 4 is 17.4 Å². The van der Waals surface area contributed by atoms with Gasteiger partial charge in [-0.25, -0.2) is 9.50 Å². The molecular formula is C7H7N3S. The molecule has 0 amide bonds. The lowest BCUT2D eigenvalue weighted by Crippen LogP contribution is -1.85. The van der Waals surface area contributed by atoms with Crippen LogP contribution in [0, 0.1) is 0 Å². The molecule has 0 saturated carbocycles. The highest BCUT2D eigenvalue weighted by Gasteiger charge is 1.94. The zero-order valence-electron chi connectivity index (χ0n) is 6.06. The van der Waals surface area contributed by atoms with Crippen molar-refractivity contribution in [2.75, 3.05) is 6.26 Å². The van der Waals surface area contributed by atoms with Crippen molar-refractivity contribution in [3.8, 4) is 0 Å². The van der Waals surface area contributed by atoms with Crippen molar-refractivity contribution in [2.45, 2.75) is 4.90 Å². The summed E-state index contributed by atoms with van der Waals surface area (Å²) < 4.78 is 1.77. The molecule has 0 saturated heterocycles. The molecule has 0 radical (unpaired) electrons. The zero-order chi connectivity index (χ0) is 7.68. The van der Waals surface area contributed by atoms with E-state index in [9.17, 15) is 0 Å². The third-order valence-electron chi connectivity index (χ3n) is 1.48. The number of aromatic nitrogens is 3. The van der Waals surface area contributed by atoms with E-state index in [-0.39, 0.29) is 0 Å². The van der Waals surface area contributed by atoms with Crippen molar-refractivity contribution in [2.24, 2.45) is 0 Å². The Morgan fingerprint density at radius 1 is 1.45 bits per heavy atom. The third kappa shape index (κ3) is 1.09. The molecule has 0 aromatic carbocycles. The Morgan fingerprint density at radius 2 is 2.36 bits per heavy atom. The first-order valence-corrected chi connectivity index (χ1v) is 4.46. The van der Waals surface area contributed by atoms with Gasteiger partial charge in [0.15, 0.2) is 5.65 Å². The summed E-state index contributed by atoms with van der Waals surface area (Å²) >= 11 is 1.70. The molecule has 0 N–H and O–H groups in total. The minimum Gasteiger partial charge on any atom is -0.220 e. The van der Waals surface area contributed by atoms with Crippen molar-refractivity contribution in [3.63, 3.8) is 0 Å². The number of nitrogens with zero attached hydrogens (tertiary/aromatic N) is 3. The van der Waals surface area contributed by atoms with E-state index in [1.165, 1.54) is 4.90 Å². The average Bonchev–Trinajstić information content (AvgIpc) is 2.50. The van der Waals surface area contributed by atoms with Crippen LogP contribution in [-0.2, 0) is 0 Å². The molecular weight excluding hydrogens is 158 g/mol. The van der Waals surface area contributed by atoms with Gasteiger partial charge in [-0.15, -0.1) is 11.8 Å². The Balaban J connectivity index is 2.67. The van der Waals surface area contributed by atoms with Crippen LogP contribution >= 0.6 is 11.8 Å². The molecule has 0 spiro atoms. The van der Waals surface area contributed by atoms with E-state index in [0.717, 1.165) is 5.65 Å². The predicted octanol–water partition coefficient (Wildman–Crippen LogP) is 1.45. The van der Waals surface area contributed by atoms with Gasteiger partial charge in [0, 0.05) is 11.1 Å². The fourth-order valence-corrected chi connectivity index (χ4v) is 1.33. The molecule has 0 aliphatic heterocycles. The molecule has 2 aromatic rings. The Labute approximate surface area is 68.4 Å². The summed E-state index contributed by atoms with van der Waals surface area (Å²) in [4.78, 5) is 5.23. The Hall–Kier alpha value is -1.03. The van der Waals surface area contributed by atoms with Crippen molar-refractivity contribution in [1.82, 2.24) is 14.6 Å². The van der Waals surface area contributed by atoms with Gasteiger partial charge in [0.05, 0.1) is 0 Å². The monoisotopic (exact) mass is 165 g/mol. The van der Waals surface area contributed by atoms with E-state index < -0.39 is 0 Å². The largest absolute Gasteiger partial charge is 0.220 e. The van der Waals surface area contributed by atoms with Crippen molar-refractivity contribution in [3.05, 3.63) is 24.7 Å². The van der Waals surface area contributed by atoms with Crippen molar-refractivity contribution in [1.29, 1.82) is 0 Å². The van der Waals surface area contributed by atoms with E-state index in [1.807, 2.05) is 24.6 Å². The molecule has 4 heteroatoms. The summed E-state index contributed by atoms with van der Waals surface area (Å²) in [6.45, 7) is 0. The van der Waals surface area contributed by atoms with E-state index in [1.54, 1.807) is 22.6 Å². The lowest BCUT2D eigenvalue weighted by Gasteiger charge is -1.94. The average molecular weight is 165 g/mol. The van der Waals surface area contributed by atoms with Gasteiger partial charge in [0.1, 0.15) is 6.33 Å². The third-order valence-corrected chi connectivity index (χ3v) is 2.20. The Kier molecular flexibility index (Phi) is 1.54. The smallest absolute Gasteiger partial charge is 0.155 e. The highest BCUT2D eigenvalue weighted by Crippen LogP contribution is 2.13. The maximum Gasteiger partial charge on any atom is 0.155 e. The number of pyridine rings is 1. The Morgan fingerprint density at radius 3 is 3.18 bits per heavy atom. The molecule has 0 atom stereocenters. The standard InChI is InChI=1S/C7H7N3S/c1-11-6-2-3-7-8-5-9-10(7)4-6/h2-5H,1H3. The SMILES string of the molecule is CSc1ccc2ncnn2c1. The first kappa shape index (κ1) is 6.67. The summed E-state index contributed by atoms with van der Waals surface area (Å²) in [5.41, 5.74) is 0.891. The fraction of sp³-hybridized carbons (Fsp3) is 0.143. The van der Waals surface area contributed by atoms with Gasteiger partial charge < -0.3 is 0 Å². The molecule has 0 aliphatic carbocycles. The minimum atomic E-state index is 0.891. The number of fused-ring (bicyclic) bond motifs is 1. The highest BCUT2D eigenvalue weighted by atomic mass is 32.2. The normalized spacial score (nSPS) is 10.6. The molecule has 0 fully saturated rings. The molecule has 11 heavy (non-hydrogen) atoms. The van der Waals surface area contributed by atoms with Gasteiger partial charge >= 0.3 is 0 Å². The second-order valence-corrected chi connectivity index (χ2v) is 3.01. The van der Waals surface area contributed by atoms with Gasteiger partial charge in [0.25, 0.3) is 0 Å². The molecule has 0 unspecified atom stereocenters. The van der Waals surface area contributed by atoms with Crippen LogP contribution in [0.1, 0.15) is 0 Å². The van der Waals surface area contributed by atoms with Crippen LogP contribution in [0.5, 0.6) is 0 Å². The van der Waals surface area contributed by atoms with Crippen LogP contribution in [0.2, 0.25) is 0 Å². The first-order chi connectivity index (χ1) is 5.40. The van der Waals surface area contributed by atoms with Crippen LogP contribution in [-0.4, -0.2) is 20.9 Å². The minimum absolute atomic E-state index is 0.891. The summed E-state index contributed by atoms with van der Waals surface area (Å²) in [6, 6.07) is 3.99. The molecule has 0 aliphatic rings. The highest BCUT2D eigenvalue weighted by molar-refractivity contribution is 7.98. The molecule has 3 nitrogen and oxygen atoms in total. The second kappa shape index (κ2) is 2.54. The van der Waals surface area contributed by atoms with Gasteiger partial charge in [-0.2, -0.15) is 5.10 Å². The quantitative estimate of drug-likeness (QED) is 0.599. The van der Waals surface area contributed by atoms with Crippen LogP contribution in [0.15, 0.2) is 29.6 Å². The first-order valence-electron chi connectivity index (χ1n) is 3.23. The number of rotatable bonds is 1. The number of hydrogen-bond donors (Lipinski definition) is 0. The topological polar surface area (TPSA) is 30.2 Å². The van der Waals surface area contributed by atoms with Gasteiger partial charge in [-0.1, -0.05) is 0 Å². The second-order valence-electron chi connectivity index (χ2n) is 2.13. The van der Waals surface area contributed by atoms with E-state index in [2.05, 4.69) is 10.1 Å². The summed E-state index contributed by atoms with van der Waals surface area (Å²) in [5.74, 6) is 0. The summed E-state index contributed by atoms with van der Waals surface area (Å²) in [5, 5.41) is 4.02. The number of hydrogen-bond acceptors (Lipinski definition) is 3. The van der Waals surface area contributed by atoms with Crippen molar-refractivity contribution < 1.29 is 0 Å². The van der Waals surface area contributed by atoms with E-state index in [0.29, 0.717) is 0 Å². The van der Waals surface area contributed by atoms with Crippen LogP contribution in [0.25, 0.3) is 5.65 Å². The van der Waals surface area contributed by atoms with Gasteiger partial charge in [-0.3, -0.25) is 0 Å². The maximum atomic E-state index is 4.04.